The van der Waals surface area contributed by atoms with Gasteiger partial charge in [0.05, 0.1) is 18.4 Å². The van der Waals surface area contributed by atoms with E-state index in [1.165, 1.54) is 0 Å². The van der Waals surface area contributed by atoms with E-state index in [4.69, 9.17) is 4.74 Å². The second-order valence-corrected chi connectivity index (χ2v) is 8.15. The maximum absolute atomic E-state index is 12.9. The van der Waals surface area contributed by atoms with E-state index in [0.29, 0.717) is 26.1 Å². The van der Waals surface area contributed by atoms with Crippen molar-refractivity contribution in [3.8, 4) is 5.75 Å². The molecule has 152 valence electrons. The molecule has 28 heavy (non-hydrogen) atoms. The van der Waals surface area contributed by atoms with Gasteiger partial charge in [-0.1, -0.05) is 26.0 Å². The first-order chi connectivity index (χ1) is 13.3. The van der Waals surface area contributed by atoms with Gasteiger partial charge in [-0.3, -0.25) is 14.4 Å². The van der Waals surface area contributed by atoms with Crippen molar-refractivity contribution < 1.29 is 24.2 Å². The van der Waals surface area contributed by atoms with Crippen LogP contribution in [-0.4, -0.2) is 59.4 Å². The Bertz CT molecular complexity index is 761. The molecule has 0 aliphatic carbocycles. The Balaban J connectivity index is 1.63. The fourth-order valence-corrected chi connectivity index (χ4v) is 4.21. The van der Waals surface area contributed by atoms with Crippen LogP contribution in [0, 0.1) is 17.3 Å². The van der Waals surface area contributed by atoms with Gasteiger partial charge in [-0.25, -0.2) is 0 Å². The average molecular weight is 388 g/mol. The lowest BCUT2D eigenvalue weighted by atomic mass is 9.76. The summed E-state index contributed by atoms with van der Waals surface area (Å²) in [5, 5.41) is 9.68. The number of benzene rings is 1. The summed E-state index contributed by atoms with van der Waals surface area (Å²) in [6.07, 6.45) is 0.648. The van der Waals surface area contributed by atoms with Crippen molar-refractivity contribution in [1.82, 2.24) is 9.80 Å². The molecule has 1 aromatic rings. The molecule has 1 N–H and O–H groups in total. The van der Waals surface area contributed by atoms with Crippen molar-refractivity contribution >= 4 is 17.8 Å². The maximum atomic E-state index is 12.9. The molecule has 0 radical (unpaired) electrons. The maximum Gasteiger partial charge on any atom is 0.311 e. The third kappa shape index (κ3) is 3.70. The molecule has 2 saturated heterocycles. The summed E-state index contributed by atoms with van der Waals surface area (Å²) in [7, 11) is 1.60. The van der Waals surface area contributed by atoms with Gasteiger partial charge in [0.15, 0.2) is 0 Å². The highest BCUT2D eigenvalue weighted by Gasteiger charge is 2.50. The number of hydrogen-bond donors (Lipinski definition) is 1. The van der Waals surface area contributed by atoms with E-state index < -0.39 is 17.3 Å². The van der Waals surface area contributed by atoms with Crippen molar-refractivity contribution in [3.63, 3.8) is 0 Å². The summed E-state index contributed by atoms with van der Waals surface area (Å²) < 4.78 is 5.14. The molecule has 2 aliphatic rings. The molecule has 2 fully saturated rings. The predicted octanol–water partition coefficient (Wildman–Crippen LogP) is 2.00. The summed E-state index contributed by atoms with van der Waals surface area (Å²) in [4.78, 5) is 40.5. The molecule has 2 amide bonds. The lowest BCUT2D eigenvalue weighted by Gasteiger charge is -2.29. The van der Waals surface area contributed by atoms with Crippen molar-refractivity contribution in [2.24, 2.45) is 17.3 Å². The Morgan fingerprint density at radius 1 is 1.29 bits per heavy atom. The molecule has 0 saturated carbocycles. The van der Waals surface area contributed by atoms with Crippen LogP contribution in [0.25, 0.3) is 0 Å². The van der Waals surface area contributed by atoms with Crippen LogP contribution in [-0.2, 0) is 20.9 Å². The summed E-state index contributed by atoms with van der Waals surface area (Å²) >= 11 is 0. The minimum atomic E-state index is -0.888. The Labute approximate surface area is 165 Å². The molecule has 0 aromatic heterocycles. The van der Waals surface area contributed by atoms with Crippen molar-refractivity contribution in [3.05, 3.63) is 29.8 Å². The van der Waals surface area contributed by atoms with Crippen LogP contribution < -0.4 is 4.74 Å². The van der Waals surface area contributed by atoms with Gasteiger partial charge in [0.2, 0.25) is 11.8 Å². The number of likely N-dealkylation sites (tertiary alicyclic amines) is 2. The van der Waals surface area contributed by atoms with Crippen LogP contribution in [0.15, 0.2) is 24.3 Å². The van der Waals surface area contributed by atoms with Gasteiger partial charge < -0.3 is 19.6 Å². The molecule has 2 aliphatic heterocycles. The third-order valence-corrected chi connectivity index (χ3v) is 6.24. The summed E-state index contributed by atoms with van der Waals surface area (Å²) in [5.74, 6) is -0.690. The molecule has 2 heterocycles. The Hall–Kier alpha value is -2.57. The van der Waals surface area contributed by atoms with Crippen molar-refractivity contribution in [1.29, 1.82) is 0 Å². The first-order valence-corrected chi connectivity index (χ1v) is 9.69. The fraction of sp³-hybridized carbons (Fsp3) is 0.571. The molecular formula is C21H28N2O5. The van der Waals surface area contributed by atoms with Gasteiger partial charge in [-0.05, 0) is 30.0 Å². The number of methoxy groups -OCH3 is 1. The molecule has 7 nitrogen and oxygen atoms in total. The summed E-state index contributed by atoms with van der Waals surface area (Å²) in [5.41, 5.74) is 0.0919. The van der Waals surface area contributed by atoms with E-state index in [2.05, 4.69) is 0 Å². The zero-order valence-corrected chi connectivity index (χ0v) is 16.7. The molecule has 3 rings (SSSR count). The Kier molecular flexibility index (Phi) is 5.63. The van der Waals surface area contributed by atoms with Crippen LogP contribution in [0.2, 0.25) is 0 Å². The fourth-order valence-electron chi connectivity index (χ4n) is 4.21. The number of carbonyl (C=O) groups is 3. The minimum Gasteiger partial charge on any atom is -0.497 e. The zero-order valence-electron chi connectivity index (χ0n) is 16.7. The highest BCUT2D eigenvalue weighted by atomic mass is 16.5. The quantitative estimate of drug-likeness (QED) is 0.805. The van der Waals surface area contributed by atoms with Gasteiger partial charge in [0, 0.05) is 32.6 Å². The van der Waals surface area contributed by atoms with Crippen LogP contribution in [0.5, 0.6) is 5.75 Å². The minimum absolute atomic E-state index is 0.0401. The highest BCUT2D eigenvalue weighted by Crippen LogP contribution is 2.39. The number of aliphatic carboxylic acids is 1. The molecule has 2 unspecified atom stereocenters. The number of amides is 2. The van der Waals surface area contributed by atoms with Gasteiger partial charge >= 0.3 is 5.97 Å². The lowest BCUT2D eigenvalue weighted by molar-refractivity contribution is -0.151. The van der Waals surface area contributed by atoms with E-state index in [1.54, 1.807) is 16.9 Å². The van der Waals surface area contributed by atoms with Gasteiger partial charge in [-0.2, -0.15) is 0 Å². The van der Waals surface area contributed by atoms with E-state index >= 15 is 0 Å². The van der Waals surface area contributed by atoms with E-state index in [-0.39, 0.29) is 30.7 Å². The van der Waals surface area contributed by atoms with Gasteiger partial charge in [-0.15, -0.1) is 0 Å². The van der Waals surface area contributed by atoms with E-state index in [1.807, 2.05) is 38.1 Å². The normalized spacial score (nSPS) is 24.9. The summed E-state index contributed by atoms with van der Waals surface area (Å²) in [6.45, 7) is 5.27. The third-order valence-electron chi connectivity index (χ3n) is 6.24. The van der Waals surface area contributed by atoms with Gasteiger partial charge in [0.1, 0.15) is 5.75 Å². The van der Waals surface area contributed by atoms with Crippen LogP contribution in [0.3, 0.4) is 0 Å². The second kappa shape index (κ2) is 7.81. The molecule has 7 heteroatoms. The topological polar surface area (TPSA) is 87.2 Å². The van der Waals surface area contributed by atoms with Crippen LogP contribution >= 0.6 is 0 Å². The number of nitrogens with zero attached hydrogens (tertiary/aromatic N) is 2. The molecular weight excluding hydrogens is 360 g/mol. The molecule has 0 bridgehead atoms. The molecule has 0 spiro atoms. The monoisotopic (exact) mass is 388 g/mol. The first-order valence-electron chi connectivity index (χ1n) is 9.69. The molecule has 2 atom stereocenters. The van der Waals surface area contributed by atoms with Crippen molar-refractivity contribution in [2.75, 3.05) is 26.7 Å². The summed E-state index contributed by atoms with van der Waals surface area (Å²) in [6, 6.07) is 7.51. The molecule has 1 aromatic carbocycles. The number of hydrogen-bond acceptors (Lipinski definition) is 4. The van der Waals surface area contributed by atoms with E-state index in [0.717, 1.165) is 11.3 Å². The number of carboxylic acid groups (broad SMARTS) is 1. The number of rotatable bonds is 6. The Morgan fingerprint density at radius 2 is 1.96 bits per heavy atom. The SMILES string of the molecule is COc1ccc(CN2CC(C(=O)N3CCC(C(=O)O)(C(C)C)C3)CC2=O)cc1. The first kappa shape index (κ1) is 20.2. The standard InChI is InChI=1S/C21H28N2O5/c1-14(2)21(20(26)27)8-9-22(13-21)19(25)16-10-18(24)23(12-16)11-15-4-6-17(28-3)7-5-15/h4-7,14,16H,8-13H2,1-3H3,(H,26,27). The number of carboxylic acids is 1. The zero-order chi connectivity index (χ0) is 20.5. The highest BCUT2D eigenvalue weighted by molar-refractivity contribution is 5.90. The Morgan fingerprint density at radius 3 is 2.50 bits per heavy atom. The average Bonchev–Trinajstić information content (AvgIpc) is 3.27. The van der Waals surface area contributed by atoms with Gasteiger partial charge in [0.25, 0.3) is 0 Å². The smallest absolute Gasteiger partial charge is 0.311 e. The second-order valence-electron chi connectivity index (χ2n) is 8.15. The number of carbonyl (C=O) groups excluding carboxylic acids is 2. The van der Waals surface area contributed by atoms with Crippen LogP contribution in [0.4, 0.5) is 0 Å². The lowest BCUT2D eigenvalue weighted by Crippen LogP contribution is -2.42. The number of ether oxygens (including phenoxy) is 1. The van der Waals surface area contributed by atoms with Crippen LogP contribution in [0.1, 0.15) is 32.3 Å². The largest absolute Gasteiger partial charge is 0.497 e. The van der Waals surface area contributed by atoms with Crippen molar-refractivity contribution in [2.45, 2.75) is 33.2 Å². The predicted molar refractivity (Wildman–Crippen MR) is 103 cm³/mol. The van der Waals surface area contributed by atoms with E-state index in [9.17, 15) is 19.5 Å².